The Kier molecular flexibility index (Phi) is 5.24. The zero-order valence-electron chi connectivity index (χ0n) is 17.3. The highest BCUT2D eigenvalue weighted by Crippen LogP contribution is 2.40. The first kappa shape index (κ1) is 21.0. The van der Waals surface area contributed by atoms with Crippen LogP contribution in [-0.2, 0) is 12.7 Å². The summed E-state index contributed by atoms with van der Waals surface area (Å²) in [7, 11) is 1.52. The van der Waals surface area contributed by atoms with Crippen LogP contribution in [0.5, 0.6) is 5.88 Å². The van der Waals surface area contributed by atoms with Crippen LogP contribution in [0.2, 0.25) is 0 Å². The predicted molar refractivity (Wildman–Crippen MR) is 111 cm³/mol. The molecule has 4 rings (SSSR count). The van der Waals surface area contributed by atoms with Gasteiger partial charge in [-0.25, -0.2) is 9.37 Å². The van der Waals surface area contributed by atoms with Crippen LogP contribution in [0.1, 0.15) is 22.4 Å². The van der Waals surface area contributed by atoms with Gasteiger partial charge in [0.15, 0.2) is 0 Å². The van der Waals surface area contributed by atoms with Crippen molar-refractivity contribution in [2.45, 2.75) is 26.6 Å². The molecule has 8 heteroatoms. The van der Waals surface area contributed by atoms with Gasteiger partial charge in [-0.05, 0) is 67.4 Å². The number of anilines is 3. The third-order valence-corrected chi connectivity index (χ3v) is 5.40. The minimum Gasteiger partial charge on any atom is -0.481 e. The number of hydrogen-bond donors (Lipinski definition) is 0. The van der Waals surface area contributed by atoms with Gasteiger partial charge in [-0.15, -0.1) is 0 Å². The summed E-state index contributed by atoms with van der Waals surface area (Å²) in [5.41, 5.74) is 3.40. The van der Waals surface area contributed by atoms with Crippen molar-refractivity contribution in [1.29, 1.82) is 0 Å². The first-order valence-electron chi connectivity index (χ1n) is 9.68. The molecule has 0 saturated carbocycles. The molecule has 162 valence electrons. The maximum Gasteiger partial charge on any atom is 0.416 e. The van der Waals surface area contributed by atoms with Crippen LogP contribution < -0.4 is 14.5 Å². The molecule has 0 bridgehead atoms. The molecule has 0 amide bonds. The van der Waals surface area contributed by atoms with E-state index in [4.69, 9.17) is 4.74 Å². The third-order valence-electron chi connectivity index (χ3n) is 5.40. The van der Waals surface area contributed by atoms with Crippen LogP contribution in [0.15, 0.2) is 48.5 Å². The van der Waals surface area contributed by atoms with Crippen molar-refractivity contribution in [3.05, 3.63) is 76.7 Å². The van der Waals surface area contributed by atoms with Gasteiger partial charge >= 0.3 is 6.18 Å². The van der Waals surface area contributed by atoms with Crippen LogP contribution in [0, 0.1) is 19.7 Å². The fraction of sp³-hybridized carbons (Fsp3) is 0.261. The molecule has 1 aromatic heterocycles. The van der Waals surface area contributed by atoms with E-state index >= 15 is 0 Å². The van der Waals surface area contributed by atoms with Crippen molar-refractivity contribution in [3.63, 3.8) is 0 Å². The Morgan fingerprint density at radius 2 is 1.65 bits per heavy atom. The fourth-order valence-corrected chi connectivity index (χ4v) is 3.92. The Balaban J connectivity index is 1.83. The summed E-state index contributed by atoms with van der Waals surface area (Å²) in [5.74, 6) is 0.0993. The highest BCUT2D eigenvalue weighted by Gasteiger charge is 2.33. The molecule has 4 nitrogen and oxygen atoms in total. The molecule has 0 aliphatic carbocycles. The smallest absolute Gasteiger partial charge is 0.416 e. The number of nitrogens with zero attached hydrogens (tertiary/aromatic N) is 3. The molecule has 0 saturated heterocycles. The Labute approximate surface area is 177 Å². The second-order valence-corrected chi connectivity index (χ2v) is 7.50. The van der Waals surface area contributed by atoms with Gasteiger partial charge in [0.2, 0.25) is 5.88 Å². The summed E-state index contributed by atoms with van der Waals surface area (Å²) in [6.07, 6.45) is -4.44. The summed E-state index contributed by atoms with van der Waals surface area (Å²) in [6.45, 7) is 4.26. The van der Waals surface area contributed by atoms with Crippen LogP contribution in [0.25, 0.3) is 0 Å². The number of hydrogen-bond acceptors (Lipinski definition) is 4. The number of ether oxygens (including phenoxy) is 1. The maximum absolute atomic E-state index is 13.7. The normalized spacial score (nSPS) is 13.9. The van der Waals surface area contributed by atoms with Crippen LogP contribution in [0.3, 0.4) is 0 Å². The number of aromatic nitrogens is 1. The summed E-state index contributed by atoms with van der Waals surface area (Å²) >= 11 is 0. The number of benzene rings is 2. The van der Waals surface area contributed by atoms with Crippen molar-refractivity contribution < 1.29 is 22.3 Å². The molecule has 0 spiro atoms. The summed E-state index contributed by atoms with van der Waals surface area (Å²) in [4.78, 5) is 8.25. The molecular weight excluding hydrogens is 410 g/mol. The van der Waals surface area contributed by atoms with E-state index in [0.29, 0.717) is 35.1 Å². The lowest BCUT2D eigenvalue weighted by atomic mass is 10.0. The maximum atomic E-state index is 13.7. The fourth-order valence-electron chi connectivity index (χ4n) is 3.92. The Bertz CT molecular complexity index is 1130. The minimum absolute atomic E-state index is 0.283. The van der Waals surface area contributed by atoms with E-state index in [1.807, 2.05) is 22.8 Å². The molecule has 2 heterocycles. The van der Waals surface area contributed by atoms with Gasteiger partial charge in [-0.1, -0.05) is 0 Å². The van der Waals surface area contributed by atoms with Gasteiger partial charge in [0.25, 0.3) is 0 Å². The first-order valence-corrected chi connectivity index (χ1v) is 9.68. The lowest BCUT2D eigenvalue weighted by Crippen LogP contribution is -2.40. The van der Waals surface area contributed by atoms with Gasteiger partial charge in [-0.3, -0.25) is 0 Å². The van der Waals surface area contributed by atoms with E-state index in [1.54, 1.807) is 19.1 Å². The quantitative estimate of drug-likeness (QED) is 0.477. The van der Waals surface area contributed by atoms with Crippen molar-refractivity contribution in [2.24, 2.45) is 0 Å². The van der Waals surface area contributed by atoms with E-state index < -0.39 is 11.7 Å². The van der Waals surface area contributed by atoms with E-state index in [1.165, 1.54) is 31.4 Å². The monoisotopic (exact) mass is 431 g/mol. The van der Waals surface area contributed by atoms with Crippen LogP contribution >= 0.6 is 0 Å². The molecular formula is C23H21F4N3O. The summed E-state index contributed by atoms with van der Waals surface area (Å²) in [5, 5.41) is 0. The first-order chi connectivity index (χ1) is 14.7. The molecule has 0 atom stereocenters. The second kappa shape index (κ2) is 7.76. The van der Waals surface area contributed by atoms with E-state index in [-0.39, 0.29) is 12.4 Å². The molecule has 2 aromatic carbocycles. The number of fused-ring (bicyclic) bond motifs is 1. The number of halogens is 4. The van der Waals surface area contributed by atoms with Crippen LogP contribution in [0.4, 0.5) is 34.6 Å². The minimum atomic E-state index is -4.44. The van der Waals surface area contributed by atoms with Gasteiger partial charge in [-0.2, -0.15) is 13.2 Å². The highest BCUT2D eigenvalue weighted by atomic mass is 19.4. The van der Waals surface area contributed by atoms with Crippen LogP contribution in [-0.4, -0.2) is 18.8 Å². The third kappa shape index (κ3) is 4.02. The number of rotatable bonds is 3. The molecule has 0 fully saturated rings. The molecule has 0 unspecified atom stereocenters. The number of aryl methyl sites for hydroxylation is 2. The Morgan fingerprint density at radius 1 is 0.935 bits per heavy atom. The van der Waals surface area contributed by atoms with Gasteiger partial charge < -0.3 is 14.5 Å². The topological polar surface area (TPSA) is 28.6 Å². The average molecular weight is 431 g/mol. The van der Waals surface area contributed by atoms with E-state index in [9.17, 15) is 17.6 Å². The number of methoxy groups -OCH3 is 1. The van der Waals surface area contributed by atoms with Gasteiger partial charge in [0.1, 0.15) is 5.82 Å². The van der Waals surface area contributed by atoms with Crippen molar-refractivity contribution in [3.8, 4) is 5.88 Å². The molecule has 31 heavy (non-hydrogen) atoms. The molecule has 1 aliphatic rings. The average Bonchev–Trinajstić information content (AvgIpc) is 2.72. The van der Waals surface area contributed by atoms with E-state index in [2.05, 4.69) is 4.98 Å². The zero-order valence-corrected chi connectivity index (χ0v) is 17.3. The lowest BCUT2D eigenvalue weighted by molar-refractivity contribution is -0.137. The Morgan fingerprint density at radius 3 is 2.29 bits per heavy atom. The van der Waals surface area contributed by atoms with Crippen molar-refractivity contribution >= 4 is 17.1 Å². The number of pyridine rings is 1. The summed E-state index contributed by atoms with van der Waals surface area (Å²) in [6, 6.07) is 11.7. The molecule has 1 aliphatic heterocycles. The zero-order chi connectivity index (χ0) is 22.3. The Hall–Kier alpha value is -3.29. The second-order valence-electron chi connectivity index (χ2n) is 7.50. The summed E-state index contributed by atoms with van der Waals surface area (Å²) < 4.78 is 58.9. The highest BCUT2D eigenvalue weighted by molar-refractivity contribution is 5.73. The van der Waals surface area contributed by atoms with E-state index in [0.717, 1.165) is 17.4 Å². The predicted octanol–water partition coefficient (Wildman–Crippen LogP) is 5.98. The van der Waals surface area contributed by atoms with Crippen molar-refractivity contribution in [2.75, 3.05) is 23.6 Å². The van der Waals surface area contributed by atoms with Gasteiger partial charge in [0.05, 0.1) is 30.7 Å². The standard InChI is InChI=1S/C23H21F4N3O/c1-14-10-18(24)5-7-19(14)30-13-29(20-8-9-22(31-3)28-15(20)2)12-16-11-17(23(25,26)27)4-6-21(16)30/h4-11H,12-13H2,1-3H3. The SMILES string of the molecule is COc1ccc(N2Cc3cc(C(F)(F)F)ccc3N(c3ccc(F)cc3C)C2)c(C)n1. The largest absolute Gasteiger partial charge is 0.481 e. The molecule has 3 aromatic rings. The molecule has 0 radical (unpaired) electrons. The lowest BCUT2D eigenvalue weighted by Gasteiger charge is -2.41. The van der Waals surface area contributed by atoms with Crippen molar-refractivity contribution in [1.82, 2.24) is 4.98 Å². The van der Waals surface area contributed by atoms with Gasteiger partial charge in [0, 0.05) is 24.0 Å². The molecule has 0 N–H and O–H groups in total. The number of alkyl halides is 3.